The molecular formula is C18H33N3. The van der Waals surface area contributed by atoms with E-state index in [9.17, 15) is 5.26 Å². The van der Waals surface area contributed by atoms with Crippen LogP contribution < -0.4 is 5.32 Å². The molecule has 2 aliphatic rings. The van der Waals surface area contributed by atoms with Crippen LogP contribution in [0.1, 0.15) is 71.6 Å². The molecule has 0 spiro atoms. The van der Waals surface area contributed by atoms with Crippen molar-refractivity contribution in [3.8, 4) is 6.07 Å². The fourth-order valence-corrected chi connectivity index (χ4v) is 4.22. The molecule has 0 aromatic heterocycles. The van der Waals surface area contributed by atoms with Crippen molar-refractivity contribution in [2.24, 2.45) is 5.92 Å². The molecule has 1 aliphatic heterocycles. The van der Waals surface area contributed by atoms with E-state index in [2.05, 4.69) is 30.1 Å². The zero-order chi connectivity index (χ0) is 15.1. The predicted octanol–water partition coefficient (Wildman–Crippen LogP) is 3.70. The summed E-state index contributed by atoms with van der Waals surface area (Å²) in [6.07, 6.45) is 11.3. The summed E-state index contributed by atoms with van der Waals surface area (Å²) in [6, 6.07) is 3.37. The highest BCUT2D eigenvalue weighted by Crippen LogP contribution is 2.38. The molecule has 21 heavy (non-hydrogen) atoms. The van der Waals surface area contributed by atoms with Gasteiger partial charge in [0, 0.05) is 6.04 Å². The topological polar surface area (TPSA) is 39.1 Å². The van der Waals surface area contributed by atoms with Crippen molar-refractivity contribution in [3.05, 3.63) is 0 Å². The molecule has 3 unspecified atom stereocenters. The van der Waals surface area contributed by atoms with Gasteiger partial charge in [-0.1, -0.05) is 26.2 Å². The molecule has 2 fully saturated rings. The molecule has 0 radical (unpaired) electrons. The maximum Gasteiger partial charge on any atom is 0.109 e. The van der Waals surface area contributed by atoms with Gasteiger partial charge in [0.05, 0.1) is 6.07 Å². The van der Waals surface area contributed by atoms with E-state index < -0.39 is 0 Å². The van der Waals surface area contributed by atoms with Crippen molar-refractivity contribution in [2.45, 2.75) is 83.2 Å². The second kappa shape index (κ2) is 8.15. The van der Waals surface area contributed by atoms with Crippen LogP contribution in [0.15, 0.2) is 0 Å². The third-order valence-electron chi connectivity index (χ3n) is 5.67. The number of nitrogens with one attached hydrogen (secondary N) is 1. The molecule has 3 nitrogen and oxygen atoms in total. The van der Waals surface area contributed by atoms with Crippen molar-refractivity contribution in [3.63, 3.8) is 0 Å². The minimum atomic E-state index is -0.231. The first kappa shape index (κ1) is 16.8. The maximum absolute atomic E-state index is 9.72. The highest BCUT2D eigenvalue weighted by Gasteiger charge is 2.42. The Hall–Kier alpha value is -0.590. The molecule has 120 valence electrons. The Bertz CT molecular complexity index is 349. The van der Waals surface area contributed by atoms with Gasteiger partial charge in [-0.25, -0.2) is 0 Å². The quantitative estimate of drug-likeness (QED) is 0.811. The molecule has 0 aromatic rings. The average molecular weight is 291 g/mol. The average Bonchev–Trinajstić information content (AvgIpc) is 2.79. The molecule has 2 rings (SSSR count). The van der Waals surface area contributed by atoms with Crippen molar-refractivity contribution < 1.29 is 0 Å². The number of rotatable bonds is 6. The van der Waals surface area contributed by atoms with E-state index in [0.29, 0.717) is 5.92 Å². The SMILES string of the molecule is CCCNC1(C#N)CCCC1CCN1CCCCCC1C. The van der Waals surface area contributed by atoms with E-state index in [1.54, 1.807) is 0 Å². The van der Waals surface area contributed by atoms with Gasteiger partial charge >= 0.3 is 0 Å². The number of nitriles is 1. The van der Waals surface area contributed by atoms with Gasteiger partial charge in [-0.2, -0.15) is 5.26 Å². The second-order valence-electron chi connectivity index (χ2n) is 7.12. The molecular weight excluding hydrogens is 258 g/mol. The first-order valence-corrected chi connectivity index (χ1v) is 9.12. The fourth-order valence-electron chi connectivity index (χ4n) is 4.22. The Morgan fingerprint density at radius 2 is 2.10 bits per heavy atom. The smallest absolute Gasteiger partial charge is 0.109 e. The monoisotopic (exact) mass is 291 g/mol. The molecule has 1 saturated heterocycles. The number of nitrogens with zero attached hydrogens (tertiary/aromatic N) is 2. The minimum Gasteiger partial charge on any atom is -0.301 e. The van der Waals surface area contributed by atoms with E-state index in [0.717, 1.165) is 25.4 Å². The fraction of sp³-hybridized carbons (Fsp3) is 0.944. The minimum absolute atomic E-state index is 0.231. The lowest BCUT2D eigenvalue weighted by Crippen LogP contribution is -2.48. The van der Waals surface area contributed by atoms with E-state index in [1.165, 1.54) is 58.0 Å². The molecule has 3 heteroatoms. The zero-order valence-electron chi connectivity index (χ0n) is 14.0. The zero-order valence-corrected chi connectivity index (χ0v) is 14.0. The summed E-state index contributed by atoms with van der Waals surface area (Å²) < 4.78 is 0. The van der Waals surface area contributed by atoms with E-state index in [4.69, 9.17) is 0 Å². The van der Waals surface area contributed by atoms with Crippen molar-refractivity contribution in [1.29, 1.82) is 5.26 Å². The Morgan fingerprint density at radius 3 is 2.86 bits per heavy atom. The highest BCUT2D eigenvalue weighted by molar-refractivity contribution is 5.14. The number of hydrogen-bond acceptors (Lipinski definition) is 3. The lowest BCUT2D eigenvalue weighted by atomic mass is 9.85. The second-order valence-corrected chi connectivity index (χ2v) is 7.12. The molecule has 0 bridgehead atoms. The summed E-state index contributed by atoms with van der Waals surface area (Å²) in [6.45, 7) is 7.98. The predicted molar refractivity (Wildman–Crippen MR) is 88.1 cm³/mol. The van der Waals surface area contributed by atoms with Crippen LogP contribution in [0.2, 0.25) is 0 Å². The van der Waals surface area contributed by atoms with Crippen LogP contribution in [0.25, 0.3) is 0 Å². The van der Waals surface area contributed by atoms with Gasteiger partial charge in [0.1, 0.15) is 5.54 Å². The van der Waals surface area contributed by atoms with Crippen LogP contribution in [-0.2, 0) is 0 Å². The van der Waals surface area contributed by atoms with Crippen LogP contribution in [0.4, 0.5) is 0 Å². The number of hydrogen-bond donors (Lipinski definition) is 1. The van der Waals surface area contributed by atoms with Crippen LogP contribution >= 0.6 is 0 Å². The van der Waals surface area contributed by atoms with Crippen LogP contribution in [0.5, 0.6) is 0 Å². The molecule has 0 aromatic carbocycles. The van der Waals surface area contributed by atoms with Gasteiger partial charge in [0.25, 0.3) is 0 Å². The summed E-state index contributed by atoms with van der Waals surface area (Å²) >= 11 is 0. The van der Waals surface area contributed by atoms with Gasteiger partial charge in [0.2, 0.25) is 0 Å². The maximum atomic E-state index is 9.72. The molecule has 3 atom stereocenters. The lowest BCUT2D eigenvalue weighted by Gasteiger charge is -2.33. The van der Waals surface area contributed by atoms with Crippen LogP contribution in [-0.4, -0.2) is 36.1 Å². The normalized spacial score (nSPS) is 34.5. The van der Waals surface area contributed by atoms with Gasteiger partial charge < -0.3 is 4.90 Å². The summed E-state index contributed by atoms with van der Waals surface area (Å²) in [7, 11) is 0. The molecule has 1 aliphatic carbocycles. The molecule has 1 saturated carbocycles. The molecule has 0 amide bonds. The van der Waals surface area contributed by atoms with Crippen LogP contribution in [0, 0.1) is 17.2 Å². The van der Waals surface area contributed by atoms with E-state index >= 15 is 0 Å². The first-order chi connectivity index (χ1) is 10.2. The largest absolute Gasteiger partial charge is 0.301 e. The standard InChI is InChI=1S/C18H33N3/c1-3-12-20-18(15-19)11-7-9-17(18)10-14-21-13-6-4-5-8-16(21)2/h16-17,20H,3-14H2,1-2H3. The van der Waals surface area contributed by atoms with E-state index in [-0.39, 0.29) is 5.54 Å². The van der Waals surface area contributed by atoms with Crippen molar-refractivity contribution in [1.82, 2.24) is 10.2 Å². The highest BCUT2D eigenvalue weighted by atomic mass is 15.1. The van der Waals surface area contributed by atoms with Gasteiger partial charge in [-0.05, 0) is 71.0 Å². The van der Waals surface area contributed by atoms with Crippen molar-refractivity contribution >= 4 is 0 Å². The molecule has 1 heterocycles. The third kappa shape index (κ3) is 4.20. The van der Waals surface area contributed by atoms with Gasteiger partial charge in [0.15, 0.2) is 0 Å². The summed E-state index contributed by atoms with van der Waals surface area (Å²) in [5, 5.41) is 13.3. The Balaban J connectivity index is 1.89. The van der Waals surface area contributed by atoms with E-state index in [1.807, 2.05) is 0 Å². The molecule has 1 N–H and O–H groups in total. The van der Waals surface area contributed by atoms with Gasteiger partial charge in [-0.15, -0.1) is 0 Å². The van der Waals surface area contributed by atoms with Gasteiger partial charge in [-0.3, -0.25) is 5.32 Å². The van der Waals surface area contributed by atoms with Crippen LogP contribution in [0.3, 0.4) is 0 Å². The first-order valence-electron chi connectivity index (χ1n) is 9.12. The Labute approximate surface area is 131 Å². The number of likely N-dealkylation sites (tertiary alicyclic amines) is 1. The Morgan fingerprint density at radius 1 is 1.24 bits per heavy atom. The summed E-state index contributed by atoms with van der Waals surface area (Å²) in [5.74, 6) is 0.546. The lowest BCUT2D eigenvalue weighted by molar-refractivity contribution is 0.183. The summed E-state index contributed by atoms with van der Waals surface area (Å²) in [4.78, 5) is 2.67. The van der Waals surface area contributed by atoms with Crippen molar-refractivity contribution in [2.75, 3.05) is 19.6 Å². The Kier molecular flexibility index (Phi) is 6.51. The third-order valence-corrected chi connectivity index (χ3v) is 5.67. The summed E-state index contributed by atoms with van der Waals surface area (Å²) in [5.41, 5.74) is -0.231.